The summed E-state index contributed by atoms with van der Waals surface area (Å²) in [7, 11) is 0. The van der Waals surface area contributed by atoms with E-state index in [1.807, 2.05) is 6.07 Å². The topological polar surface area (TPSA) is 62.7 Å². The van der Waals surface area contributed by atoms with Gasteiger partial charge in [-0.05, 0) is 12.5 Å². The first-order valence-electron chi connectivity index (χ1n) is 6.12. The molecule has 0 spiro atoms. The maximum atomic E-state index is 4.30. The van der Waals surface area contributed by atoms with Crippen LogP contribution < -0.4 is 10.6 Å². The van der Waals surface area contributed by atoms with Gasteiger partial charge in [0, 0.05) is 13.1 Å². The fourth-order valence-corrected chi connectivity index (χ4v) is 1.64. The van der Waals surface area contributed by atoms with Crippen molar-refractivity contribution < 1.29 is 0 Å². The van der Waals surface area contributed by atoms with Gasteiger partial charge < -0.3 is 10.6 Å². The number of hydrogen-bond donors (Lipinski definition) is 2. The van der Waals surface area contributed by atoms with Crippen LogP contribution in [0.25, 0.3) is 0 Å². The van der Waals surface area contributed by atoms with Gasteiger partial charge in [-0.25, -0.2) is 0 Å². The van der Waals surface area contributed by atoms with Crippen LogP contribution in [0.3, 0.4) is 0 Å². The minimum absolute atomic E-state index is 0.495. The fourth-order valence-electron chi connectivity index (χ4n) is 1.64. The van der Waals surface area contributed by atoms with Crippen LogP contribution in [0.15, 0.2) is 43.1 Å². The van der Waals surface area contributed by atoms with Crippen LogP contribution in [-0.4, -0.2) is 21.7 Å². The van der Waals surface area contributed by atoms with Crippen LogP contribution in [0.4, 0.5) is 11.8 Å². The molecule has 0 amide bonds. The van der Waals surface area contributed by atoms with Crippen molar-refractivity contribution in [2.24, 2.45) is 0 Å². The maximum Gasteiger partial charge on any atom is 0.244 e. The van der Waals surface area contributed by atoms with Crippen LogP contribution in [-0.2, 0) is 6.54 Å². The van der Waals surface area contributed by atoms with E-state index in [1.54, 1.807) is 12.3 Å². The molecule has 98 valence electrons. The lowest BCUT2D eigenvalue weighted by atomic mass is 10.1. The molecule has 0 bridgehead atoms. The summed E-state index contributed by atoms with van der Waals surface area (Å²) in [5, 5.41) is 14.0. The zero-order valence-electron chi connectivity index (χ0n) is 10.9. The second-order valence-corrected chi connectivity index (χ2v) is 4.18. The van der Waals surface area contributed by atoms with E-state index >= 15 is 0 Å². The summed E-state index contributed by atoms with van der Waals surface area (Å²) >= 11 is 0. The van der Waals surface area contributed by atoms with Crippen LogP contribution in [0.5, 0.6) is 0 Å². The molecule has 2 N–H and O–H groups in total. The summed E-state index contributed by atoms with van der Waals surface area (Å²) in [6.07, 6.45) is 3.35. The number of rotatable bonds is 6. The lowest BCUT2D eigenvalue weighted by Gasteiger charge is -2.07. The molecular formula is C14H17N5. The minimum Gasteiger partial charge on any atom is -0.365 e. The molecule has 0 aliphatic rings. The van der Waals surface area contributed by atoms with Crippen LogP contribution >= 0.6 is 0 Å². The zero-order valence-corrected chi connectivity index (χ0v) is 10.9. The fraction of sp³-hybridized carbons (Fsp3) is 0.214. The minimum atomic E-state index is 0.495. The van der Waals surface area contributed by atoms with Crippen LogP contribution in [0, 0.1) is 6.92 Å². The predicted octanol–water partition coefficient (Wildman–Crippen LogP) is 2.39. The van der Waals surface area contributed by atoms with Crippen molar-refractivity contribution in [2.45, 2.75) is 13.5 Å². The third kappa shape index (κ3) is 4.06. The molecule has 0 aliphatic heterocycles. The predicted molar refractivity (Wildman–Crippen MR) is 77.0 cm³/mol. The third-order valence-corrected chi connectivity index (χ3v) is 2.52. The molecule has 1 heterocycles. The molecule has 19 heavy (non-hydrogen) atoms. The maximum absolute atomic E-state index is 4.30. The number of hydrogen-bond acceptors (Lipinski definition) is 5. The number of anilines is 2. The molecule has 0 unspecified atom stereocenters. The molecule has 0 fully saturated rings. The lowest BCUT2D eigenvalue weighted by Crippen LogP contribution is -2.08. The lowest BCUT2D eigenvalue weighted by molar-refractivity contribution is 0.953. The van der Waals surface area contributed by atoms with Crippen LogP contribution in [0.1, 0.15) is 11.1 Å². The zero-order chi connectivity index (χ0) is 13.5. The molecule has 2 aromatic rings. The Morgan fingerprint density at radius 3 is 3.00 bits per heavy atom. The molecule has 1 aromatic heterocycles. The number of nitrogens with one attached hydrogen (secondary N) is 2. The molecule has 2 rings (SSSR count). The van der Waals surface area contributed by atoms with Crippen molar-refractivity contribution in [3.63, 3.8) is 0 Å². The SMILES string of the molecule is C=CCNc1nncc(NCc2cccc(C)c2)n1. The van der Waals surface area contributed by atoms with Crippen molar-refractivity contribution in [2.75, 3.05) is 17.2 Å². The molecular weight excluding hydrogens is 238 g/mol. The third-order valence-electron chi connectivity index (χ3n) is 2.52. The molecule has 1 aromatic carbocycles. The molecule has 0 atom stereocenters. The van der Waals surface area contributed by atoms with Gasteiger partial charge in [0.05, 0.1) is 6.20 Å². The van der Waals surface area contributed by atoms with Gasteiger partial charge in [0.2, 0.25) is 5.95 Å². The van der Waals surface area contributed by atoms with E-state index in [9.17, 15) is 0 Å². The van der Waals surface area contributed by atoms with Gasteiger partial charge in [-0.1, -0.05) is 35.9 Å². The molecule has 0 radical (unpaired) electrons. The van der Waals surface area contributed by atoms with Gasteiger partial charge in [0.1, 0.15) is 0 Å². The number of aromatic nitrogens is 3. The Hall–Kier alpha value is -2.43. The van der Waals surface area contributed by atoms with Gasteiger partial charge in [0.15, 0.2) is 5.82 Å². The van der Waals surface area contributed by atoms with E-state index in [0.29, 0.717) is 24.9 Å². The van der Waals surface area contributed by atoms with Gasteiger partial charge in [0.25, 0.3) is 0 Å². The summed E-state index contributed by atoms with van der Waals surface area (Å²) in [5.41, 5.74) is 2.45. The van der Waals surface area contributed by atoms with E-state index in [-0.39, 0.29) is 0 Å². The molecule has 0 aliphatic carbocycles. The van der Waals surface area contributed by atoms with E-state index < -0.39 is 0 Å². The van der Waals surface area contributed by atoms with E-state index in [4.69, 9.17) is 0 Å². The highest BCUT2D eigenvalue weighted by molar-refractivity contribution is 5.38. The Morgan fingerprint density at radius 2 is 2.21 bits per heavy atom. The summed E-state index contributed by atoms with van der Waals surface area (Å²) in [6.45, 7) is 7.03. The normalized spacial score (nSPS) is 9.95. The average Bonchev–Trinajstić information content (AvgIpc) is 2.43. The first-order chi connectivity index (χ1) is 9.28. The average molecular weight is 255 g/mol. The van der Waals surface area contributed by atoms with Crippen molar-refractivity contribution in [1.82, 2.24) is 15.2 Å². The Balaban J connectivity index is 1.97. The smallest absolute Gasteiger partial charge is 0.244 e. The summed E-state index contributed by atoms with van der Waals surface area (Å²) in [6, 6.07) is 8.33. The summed E-state index contributed by atoms with van der Waals surface area (Å²) in [4.78, 5) is 4.30. The molecule has 0 saturated heterocycles. The Bertz CT molecular complexity index is 553. The van der Waals surface area contributed by atoms with E-state index in [2.05, 4.69) is 57.5 Å². The second-order valence-electron chi connectivity index (χ2n) is 4.18. The second kappa shape index (κ2) is 6.49. The Morgan fingerprint density at radius 1 is 1.32 bits per heavy atom. The highest BCUT2D eigenvalue weighted by atomic mass is 15.3. The highest BCUT2D eigenvalue weighted by Crippen LogP contribution is 2.08. The molecule has 0 saturated carbocycles. The number of nitrogens with zero attached hydrogens (tertiary/aromatic N) is 3. The van der Waals surface area contributed by atoms with Gasteiger partial charge in [-0.2, -0.15) is 10.1 Å². The van der Waals surface area contributed by atoms with Gasteiger partial charge >= 0.3 is 0 Å². The summed E-state index contributed by atoms with van der Waals surface area (Å²) < 4.78 is 0. The van der Waals surface area contributed by atoms with Crippen molar-refractivity contribution in [3.05, 3.63) is 54.2 Å². The van der Waals surface area contributed by atoms with Crippen molar-refractivity contribution in [1.29, 1.82) is 0 Å². The standard InChI is InChI=1S/C14H17N5/c1-3-7-15-14-18-13(10-17-19-14)16-9-12-6-4-5-11(2)8-12/h3-6,8,10H,1,7,9H2,2H3,(H2,15,16,18,19). The first kappa shape index (κ1) is 13.0. The Kier molecular flexibility index (Phi) is 4.44. The summed E-state index contributed by atoms with van der Waals surface area (Å²) in [5.74, 6) is 1.19. The number of aryl methyl sites for hydroxylation is 1. The van der Waals surface area contributed by atoms with Crippen molar-refractivity contribution in [3.8, 4) is 0 Å². The quantitative estimate of drug-likeness (QED) is 0.776. The molecule has 5 heteroatoms. The Labute approximate surface area is 112 Å². The van der Waals surface area contributed by atoms with E-state index in [0.717, 1.165) is 0 Å². The highest BCUT2D eigenvalue weighted by Gasteiger charge is 1.99. The monoisotopic (exact) mass is 255 g/mol. The number of benzene rings is 1. The first-order valence-corrected chi connectivity index (χ1v) is 6.12. The van der Waals surface area contributed by atoms with Gasteiger partial charge in [-0.15, -0.1) is 11.7 Å². The largest absolute Gasteiger partial charge is 0.365 e. The van der Waals surface area contributed by atoms with Crippen molar-refractivity contribution >= 4 is 11.8 Å². The van der Waals surface area contributed by atoms with Gasteiger partial charge in [-0.3, -0.25) is 0 Å². The van der Waals surface area contributed by atoms with Crippen LogP contribution in [0.2, 0.25) is 0 Å². The molecule has 5 nitrogen and oxygen atoms in total. The van der Waals surface area contributed by atoms with E-state index in [1.165, 1.54) is 11.1 Å².